The first-order valence-electron chi connectivity index (χ1n) is 6.91. The Morgan fingerprint density at radius 1 is 1.29 bits per heavy atom. The minimum absolute atomic E-state index is 0.0317. The minimum Gasteiger partial charge on any atom is -0.494 e. The van der Waals surface area contributed by atoms with E-state index in [1.807, 2.05) is 6.92 Å². The van der Waals surface area contributed by atoms with Gasteiger partial charge in [-0.05, 0) is 38.0 Å². The van der Waals surface area contributed by atoms with E-state index < -0.39 is 18.7 Å². The van der Waals surface area contributed by atoms with E-state index in [0.29, 0.717) is 17.9 Å². The van der Waals surface area contributed by atoms with E-state index in [0.717, 1.165) is 5.56 Å². The molecule has 1 N–H and O–H groups in total. The summed E-state index contributed by atoms with van der Waals surface area (Å²) in [6.07, 6.45) is -5.68. The van der Waals surface area contributed by atoms with Gasteiger partial charge in [0.25, 0.3) is 0 Å². The molecule has 21 heavy (non-hydrogen) atoms. The predicted octanol–water partition coefficient (Wildman–Crippen LogP) is 4.00. The van der Waals surface area contributed by atoms with Crippen molar-refractivity contribution in [3.05, 3.63) is 29.3 Å². The van der Waals surface area contributed by atoms with Crippen molar-refractivity contribution in [1.82, 2.24) is 0 Å². The molecule has 0 aromatic heterocycles. The second-order valence-electron chi connectivity index (χ2n) is 4.75. The number of aliphatic hydroxyl groups excluding tert-OH is 1. The highest BCUT2D eigenvalue weighted by Gasteiger charge is 2.25. The molecule has 3 nitrogen and oxygen atoms in total. The van der Waals surface area contributed by atoms with E-state index in [4.69, 9.17) is 9.47 Å². The summed E-state index contributed by atoms with van der Waals surface area (Å²) in [6, 6.07) is 5.24. The molecule has 0 heterocycles. The second-order valence-corrected chi connectivity index (χ2v) is 4.75. The van der Waals surface area contributed by atoms with Gasteiger partial charge in [-0.2, -0.15) is 13.2 Å². The number of alkyl halides is 3. The number of hydrogen-bond donors (Lipinski definition) is 1. The lowest BCUT2D eigenvalue weighted by Crippen LogP contribution is -2.09. The molecule has 0 fully saturated rings. The van der Waals surface area contributed by atoms with Crippen molar-refractivity contribution in [2.24, 2.45) is 0 Å². The Labute approximate surface area is 122 Å². The fourth-order valence-corrected chi connectivity index (χ4v) is 1.83. The van der Waals surface area contributed by atoms with Gasteiger partial charge >= 0.3 is 6.18 Å². The van der Waals surface area contributed by atoms with E-state index in [2.05, 4.69) is 0 Å². The van der Waals surface area contributed by atoms with Gasteiger partial charge in [-0.15, -0.1) is 0 Å². The van der Waals surface area contributed by atoms with Crippen molar-refractivity contribution >= 4 is 0 Å². The van der Waals surface area contributed by atoms with Crippen LogP contribution in [0.1, 0.15) is 43.9 Å². The van der Waals surface area contributed by atoms with Gasteiger partial charge < -0.3 is 14.6 Å². The zero-order chi connectivity index (χ0) is 15.9. The Hall–Kier alpha value is -1.27. The van der Waals surface area contributed by atoms with Gasteiger partial charge in [-0.25, -0.2) is 0 Å². The number of aliphatic hydroxyl groups is 1. The molecule has 0 spiro atoms. The van der Waals surface area contributed by atoms with Gasteiger partial charge in [0.2, 0.25) is 0 Å². The quantitative estimate of drug-likeness (QED) is 0.738. The van der Waals surface area contributed by atoms with Crippen molar-refractivity contribution in [3.8, 4) is 5.75 Å². The van der Waals surface area contributed by atoms with Crippen molar-refractivity contribution in [1.29, 1.82) is 0 Å². The fraction of sp³-hybridized carbons (Fsp3) is 0.600. The van der Waals surface area contributed by atoms with Gasteiger partial charge in [0.15, 0.2) is 0 Å². The standard InChI is InChI=1S/C15H21F3O3/c1-3-21-14-6-5-12(11(2)19)9-13(14)10-20-8-4-7-15(16,17)18/h5-6,9,11,19H,3-4,7-8,10H2,1-2H3. The van der Waals surface area contributed by atoms with Crippen LogP contribution in [0.15, 0.2) is 18.2 Å². The SMILES string of the molecule is CCOc1ccc(C(C)O)cc1COCCCC(F)(F)F. The second kappa shape index (κ2) is 8.24. The van der Waals surface area contributed by atoms with Crippen molar-refractivity contribution in [3.63, 3.8) is 0 Å². The first kappa shape index (κ1) is 17.8. The monoisotopic (exact) mass is 306 g/mol. The largest absolute Gasteiger partial charge is 0.494 e. The highest BCUT2D eigenvalue weighted by molar-refractivity contribution is 5.37. The number of halogens is 3. The van der Waals surface area contributed by atoms with Gasteiger partial charge in [-0.3, -0.25) is 0 Å². The molecule has 0 saturated carbocycles. The third-order valence-corrected chi connectivity index (χ3v) is 2.87. The third kappa shape index (κ3) is 6.82. The Balaban J connectivity index is 2.56. The molecule has 120 valence electrons. The number of rotatable bonds is 8. The zero-order valence-electron chi connectivity index (χ0n) is 12.2. The van der Waals surface area contributed by atoms with Crippen molar-refractivity contribution in [2.75, 3.05) is 13.2 Å². The normalized spacial score (nSPS) is 13.2. The molecule has 0 aliphatic heterocycles. The highest BCUT2D eigenvalue weighted by Crippen LogP contribution is 2.25. The number of ether oxygens (including phenoxy) is 2. The van der Waals surface area contributed by atoms with Gasteiger partial charge in [0.1, 0.15) is 5.75 Å². The van der Waals surface area contributed by atoms with Crippen LogP contribution in [0.2, 0.25) is 0 Å². The Bertz CT molecular complexity index is 431. The molecule has 6 heteroatoms. The molecule has 0 aliphatic carbocycles. The van der Waals surface area contributed by atoms with Crippen LogP contribution in [0.25, 0.3) is 0 Å². The van der Waals surface area contributed by atoms with E-state index >= 15 is 0 Å². The van der Waals surface area contributed by atoms with Crippen LogP contribution in [-0.4, -0.2) is 24.5 Å². The van der Waals surface area contributed by atoms with Gasteiger partial charge in [0, 0.05) is 18.6 Å². The maximum Gasteiger partial charge on any atom is 0.389 e. The first-order valence-corrected chi connectivity index (χ1v) is 6.91. The summed E-state index contributed by atoms with van der Waals surface area (Å²) in [6.45, 7) is 4.16. The van der Waals surface area contributed by atoms with Crippen LogP contribution in [-0.2, 0) is 11.3 Å². The van der Waals surface area contributed by atoms with Crippen LogP contribution in [0, 0.1) is 0 Å². The van der Waals surface area contributed by atoms with Gasteiger partial charge in [-0.1, -0.05) is 6.07 Å². The molecule has 1 unspecified atom stereocenters. The smallest absolute Gasteiger partial charge is 0.389 e. The molecular formula is C15H21F3O3. The number of benzene rings is 1. The van der Waals surface area contributed by atoms with Crippen LogP contribution < -0.4 is 4.74 Å². The topological polar surface area (TPSA) is 38.7 Å². The average molecular weight is 306 g/mol. The molecule has 1 atom stereocenters. The molecule has 0 amide bonds. The highest BCUT2D eigenvalue weighted by atomic mass is 19.4. The Kier molecular flexibility index (Phi) is 6.98. The summed E-state index contributed by atoms with van der Waals surface area (Å²) in [5.74, 6) is 0.623. The molecule has 1 aromatic carbocycles. The number of hydrogen-bond acceptors (Lipinski definition) is 3. The van der Waals surface area contributed by atoms with E-state index in [-0.39, 0.29) is 19.6 Å². The molecular weight excluding hydrogens is 285 g/mol. The van der Waals surface area contributed by atoms with Gasteiger partial charge in [0.05, 0.1) is 19.3 Å². The lowest BCUT2D eigenvalue weighted by atomic mass is 10.1. The maximum absolute atomic E-state index is 12.0. The van der Waals surface area contributed by atoms with Crippen LogP contribution >= 0.6 is 0 Å². The summed E-state index contributed by atoms with van der Waals surface area (Å²) < 4.78 is 46.7. The molecule has 0 radical (unpaired) electrons. The van der Waals surface area contributed by atoms with Crippen molar-refractivity contribution in [2.45, 2.75) is 45.6 Å². The van der Waals surface area contributed by atoms with Crippen LogP contribution in [0.5, 0.6) is 5.75 Å². The van der Waals surface area contributed by atoms with E-state index in [9.17, 15) is 18.3 Å². The van der Waals surface area contributed by atoms with Crippen LogP contribution in [0.3, 0.4) is 0 Å². The van der Waals surface area contributed by atoms with Crippen LogP contribution in [0.4, 0.5) is 13.2 Å². The lowest BCUT2D eigenvalue weighted by Gasteiger charge is -2.14. The maximum atomic E-state index is 12.0. The summed E-state index contributed by atoms with van der Waals surface area (Å²) in [4.78, 5) is 0. The molecule has 1 aromatic rings. The third-order valence-electron chi connectivity index (χ3n) is 2.87. The fourth-order valence-electron chi connectivity index (χ4n) is 1.83. The first-order chi connectivity index (χ1) is 9.83. The minimum atomic E-state index is -4.15. The zero-order valence-corrected chi connectivity index (χ0v) is 12.2. The summed E-state index contributed by atoms with van der Waals surface area (Å²) in [5.41, 5.74) is 1.44. The molecule has 0 bridgehead atoms. The lowest BCUT2D eigenvalue weighted by molar-refractivity contribution is -0.138. The molecule has 0 aliphatic rings. The van der Waals surface area contributed by atoms with E-state index in [1.54, 1.807) is 25.1 Å². The molecule has 0 saturated heterocycles. The summed E-state index contributed by atoms with van der Waals surface area (Å²) >= 11 is 0. The molecule has 1 rings (SSSR count). The Morgan fingerprint density at radius 2 is 2.00 bits per heavy atom. The average Bonchev–Trinajstić information content (AvgIpc) is 2.38. The Morgan fingerprint density at radius 3 is 2.57 bits per heavy atom. The van der Waals surface area contributed by atoms with Crippen molar-refractivity contribution < 1.29 is 27.8 Å². The summed E-state index contributed by atoms with van der Waals surface area (Å²) in [5, 5.41) is 9.56. The van der Waals surface area contributed by atoms with E-state index in [1.165, 1.54) is 0 Å². The summed E-state index contributed by atoms with van der Waals surface area (Å²) in [7, 11) is 0. The predicted molar refractivity (Wildman–Crippen MR) is 73.2 cm³/mol.